The molecular weight excluding hydrogens is 456 g/mol. The Morgan fingerprint density at radius 1 is 1.14 bits per heavy atom. The van der Waals surface area contributed by atoms with Crippen LogP contribution in [-0.2, 0) is 14.8 Å². The van der Waals surface area contributed by atoms with Crippen molar-refractivity contribution in [2.45, 2.75) is 51.0 Å². The molecule has 0 saturated carbocycles. The smallest absolute Gasteiger partial charge is 0.265 e. The van der Waals surface area contributed by atoms with Gasteiger partial charge in [-0.15, -0.1) is 0 Å². The fraction of sp³-hybridized carbons (Fsp3) is 0.381. The van der Waals surface area contributed by atoms with Gasteiger partial charge in [0.15, 0.2) is 11.9 Å². The fourth-order valence-corrected chi connectivity index (χ4v) is 4.97. The van der Waals surface area contributed by atoms with Crippen molar-refractivity contribution in [1.29, 1.82) is 0 Å². The number of halogens is 1. The molecule has 0 fully saturated rings. The Hall–Kier alpha value is -2.06. The fourth-order valence-electron chi connectivity index (χ4n) is 3.12. The highest BCUT2D eigenvalue weighted by Crippen LogP contribution is 2.40. The quantitative estimate of drug-likeness (QED) is 0.600. The van der Waals surface area contributed by atoms with E-state index < -0.39 is 16.1 Å². The van der Waals surface area contributed by atoms with Crippen molar-refractivity contribution in [3.63, 3.8) is 0 Å². The van der Waals surface area contributed by atoms with E-state index in [-0.39, 0.29) is 22.5 Å². The van der Waals surface area contributed by atoms with Gasteiger partial charge in [0.2, 0.25) is 0 Å². The topological polar surface area (TPSA) is 84.5 Å². The molecule has 1 amide bonds. The van der Waals surface area contributed by atoms with Gasteiger partial charge in [-0.1, -0.05) is 55.8 Å². The van der Waals surface area contributed by atoms with Crippen LogP contribution in [0.4, 0.5) is 11.4 Å². The van der Waals surface area contributed by atoms with Gasteiger partial charge in [0.05, 0.1) is 5.69 Å². The Balaban J connectivity index is 1.96. The van der Waals surface area contributed by atoms with Crippen LogP contribution in [0.1, 0.15) is 45.6 Å². The molecule has 1 heterocycles. The summed E-state index contributed by atoms with van der Waals surface area (Å²) in [7, 11) is -3.94. The zero-order valence-corrected chi connectivity index (χ0v) is 19.2. The van der Waals surface area contributed by atoms with E-state index in [1.165, 1.54) is 6.07 Å². The summed E-state index contributed by atoms with van der Waals surface area (Å²) in [6.45, 7) is 8.11. The second-order valence-corrected chi connectivity index (χ2v) is 10.5. The molecule has 1 unspecified atom stereocenters. The van der Waals surface area contributed by atoms with Crippen molar-refractivity contribution in [1.82, 2.24) is 0 Å². The number of hydrogen-bond acceptors (Lipinski definition) is 4. The maximum absolute atomic E-state index is 13.1. The van der Waals surface area contributed by atoms with Gasteiger partial charge in [0.1, 0.15) is 4.90 Å². The van der Waals surface area contributed by atoms with Crippen LogP contribution >= 0.6 is 15.9 Å². The van der Waals surface area contributed by atoms with Crippen molar-refractivity contribution in [3.8, 4) is 5.75 Å². The molecular formula is C21H25BrN2O4S. The molecule has 0 radical (unpaired) electrons. The van der Waals surface area contributed by atoms with Crippen LogP contribution in [0, 0.1) is 5.92 Å². The normalized spacial score (nSPS) is 16.4. The summed E-state index contributed by atoms with van der Waals surface area (Å²) < 4.78 is 35.3. The molecule has 0 saturated heterocycles. The Bertz CT molecular complexity index is 1020. The van der Waals surface area contributed by atoms with Gasteiger partial charge in [-0.05, 0) is 48.1 Å². The lowest BCUT2D eigenvalue weighted by Crippen LogP contribution is -2.38. The van der Waals surface area contributed by atoms with E-state index in [9.17, 15) is 13.2 Å². The first kappa shape index (κ1) is 21.6. The molecule has 0 bridgehead atoms. The number of ether oxygens (including phenoxy) is 1. The molecule has 2 N–H and O–H groups in total. The van der Waals surface area contributed by atoms with Gasteiger partial charge in [0, 0.05) is 10.2 Å². The Kier molecular flexibility index (Phi) is 6.24. The van der Waals surface area contributed by atoms with Gasteiger partial charge >= 0.3 is 0 Å². The highest BCUT2D eigenvalue weighted by Gasteiger charge is 2.33. The summed E-state index contributed by atoms with van der Waals surface area (Å²) >= 11 is 3.32. The van der Waals surface area contributed by atoms with Crippen molar-refractivity contribution in [2.75, 3.05) is 10.0 Å². The van der Waals surface area contributed by atoms with E-state index in [2.05, 4.69) is 39.8 Å². The monoisotopic (exact) mass is 480 g/mol. The standard InChI is InChI=1S/C21H25BrN2O4S/c1-12(2)9-18-21(25)23-17-10-15(22)11-19(20(17)28-18)29(26,27)24-16-7-5-14(6-8-16)13(3)4/h5-8,10-13,18,24H,9H2,1-4H3,(H,23,25). The summed E-state index contributed by atoms with van der Waals surface area (Å²) in [5.41, 5.74) is 1.91. The predicted octanol–water partition coefficient (Wildman–Crippen LogP) is 5.12. The molecule has 8 heteroatoms. The maximum Gasteiger partial charge on any atom is 0.265 e. The second-order valence-electron chi connectivity index (χ2n) is 7.89. The zero-order valence-electron chi connectivity index (χ0n) is 16.8. The molecule has 0 spiro atoms. The molecule has 0 aliphatic carbocycles. The molecule has 1 aliphatic heterocycles. The number of anilines is 2. The maximum atomic E-state index is 13.1. The van der Waals surface area contributed by atoms with E-state index in [0.717, 1.165) is 5.56 Å². The number of amides is 1. The highest BCUT2D eigenvalue weighted by molar-refractivity contribution is 9.10. The lowest BCUT2D eigenvalue weighted by atomic mass is 10.0. The van der Waals surface area contributed by atoms with Crippen LogP contribution in [0.15, 0.2) is 45.8 Å². The van der Waals surface area contributed by atoms with Crippen molar-refractivity contribution >= 4 is 43.2 Å². The minimum absolute atomic E-state index is 0.0245. The lowest BCUT2D eigenvalue weighted by molar-refractivity contribution is -0.124. The second kappa shape index (κ2) is 8.36. The largest absolute Gasteiger partial charge is 0.477 e. The number of carbonyl (C=O) groups is 1. The summed E-state index contributed by atoms with van der Waals surface area (Å²) in [6.07, 6.45) is -0.242. The van der Waals surface area contributed by atoms with E-state index in [0.29, 0.717) is 28.2 Å². The molecule has 29 heavy (non-hydrogen) atoms. The van der Waals surface area contributed by atoms with Gasteiger partial charge in [-0.2, -0.15) is 0 Å². The summed E-state index contributed by atoms with van der Waals surface area (Å²) in [5, 5.41) is 2.77. The molecule has 2 aromatic rings. The van der Waals surface area contributed by atoms with Gasteiger partial charge in [-0.3, -0.25) is 9.52 Å². The first-order chi connectivity index (χ1) is 13.6. The molecule has 2 aromatic carbocycles. The third-order valence-electron chi connectivity index (χ3n) is 4.63. The number of carbonyl (C=O) groups excluding carboxylic acids is 1. The van der Waals surface area contributed by atoms with Crippen molar-refractivity contribution < 1.29 is 17.9 Å². The first-order valence-electron chi connectivity index (χ1n) is 9.50. The van der Waals surface area contributed by atoms with Crippen LogP contribution in [-0.4, -0.2) is 20.4 Å². The van der Waals surface area contributed by atoms with Crippen molar-refractivity contribution in [2.24, 2.45) is 5.92 Å². The van der Waals surface area contributed by atoms with E-state index in [1.807, 2.05) is 26.0 Å². The zero-order chi connectivity index (χ0) is 21.3. The highest BCUT2D eigenvalue weighted by atomic mass is 79.9. The van der Waals surface area contributed by atoms with Crippen molar-refractivity contribution in [3.05, 3.63) is 46.4 Å². The summed E-state index contributed by atoms with van der Waals surface area (Å²) in [6, 6.07) is 10.4. The number of benzene rings is 2. The molecule has 1 atom stereocenters. The number of sulfonamides is 1. The van der Waals surface area contributed by atoms with Gasteiger partial charge in [0.25, 0.3) is 15.9 Å². The third-order valence-corrected chi connectivity index (χ3v) is 6.48. The molecule has 6 nitrogen and oxygen atoms in total. The third kappa shape index (κ3) is 4.93. The minimum atomic E-state index is -3.94. The first-order valence-corrected chi connectivity index (χ1v) is 11.8. The predicted molar refractivity (Wildman–Crippen MR) is 118 cm³/mol. The Morgan fingerprint density at radius 2 is 1.79 bits per heavy atom. The van der Waals surface area contributed by atoms with Crippen LogP contribution in [0.25, 0.3) is 0 Å². The SMILES string of the molecule is CC(C)CC1Oc2c(cc(Br)cc2S(=O)(=O)Nc2ccc(C(C)C)cc2)NC1=O. The molecule has 3 rings (SSSR count). The number of fused-ring (bicyclic) bond motifs is 1. The lowest BCUT2D eigenvalue weighted by Gasteiger charge is -2.28. The van der Waals surface area contributed by atoms with E-state index in [4.69, 9.17) is 4.74 Å². The van der Waals surface area contributed by atoms with Crippen LogP contribution in [0.2, 0.25) is 0 Å². The molecule has 1 aliphatic rings. The van der Waals surface area contributed by atoms with E-state index >= 15 is 0 Å². The van der Waals surface area contributed by atoms with Crippen LogP contribution in [0.5, 0.6) is 5.75 Å². The van der Waals surface area contributed by atoms with Gasteiger partial charge in [-0.25, -0.2) is 8.42 Å². The van der Waals surface area contributed by atoms with Crippen LogP contribution < -0.4 is 14.8 Å². The Morgan fingerprint density at radius 3 is 2.38 bits per heavy atom. The van der Waals surface area contributed by atoms with Crippen LogP contribution in [0.3, 0.4) is 0 Å². The molecule has 156 valence electrons. The van der Waals surface area contributed by atoms with Gasteiger partial charge < -0.3 is 10.1 Å². The number of nitrogens with one attached hydrogen (secondary N) is 2. The Labute approximate surface area is 180 Å². The average Bonchev–Trinajstić information content (AvgIpc) is 2.61. The molecule has 0 aromatic heterocycles. The average molecular weight is 481 g/mol. The summed E-state index contributed by atoms with van der Waals surface area (Å²) in [4.78, 5) is 12.3. The van der Waals surface area contributed by atoms with E-state index in [1.54, 1.807) is 18.2 Å². The number of hydrogen-bond donors (Lipinski definition) is 2. The number of rotatable bonds is 6. The minimum Gasteiger partial charge on any atom is -0.477 e. The summed E-state index contributed by atoms with van der Waals surface area (Å²) in [5.74, 6) is 0.461.